The molecule has 0 saturated carbocycles. The molecule has 0 unspecified atom stereocenters. The summed E-state index contributed by atoms with van der Waals surface area (Å²) in [6.45, 7) is 3.07. The lowest BCUT2D eigenvalue weighted by molar-refractivity contribution is -0.132. The van der Waals surface area contributed by atoms with E-state index in [1.54, 1.807) is 6.92 Å². The van der Waals surface area contributed by atoms with Crippen molar-refractivity contribution in [3.63, 3.8) is 0 Å². The van der Waals surface area contributed by atoms with E-state index >= 15 is 0 Å². The fourth-order valence-corrected chi connectivity index (χ4v) is 5.84. The van der Waals surface area contributed by atoms with Crippen molar-refractivity contribution in [2.45, 2.75) is 69.4 Å². The third-order valence-corrected chi connectivity index (χ3v) is 7.56. The van der Waals surface area contributed by atoms with Gasteiger partial charge in [-0.1, -0.05) is 42.5 Å². The number of aryl methyl sites for hydroxylation is 1. The molecule has 5 heteroatoms. The molecular formula is C27H32N2O3. The predicted octanol–water partition coefficient (Wildman–Crippen LogP) is 4.52. The van der Waals surface area contributed by atoms with Crippen LogP contribution in [-0.4, -0.2) is 35.4 Å². The van der Waals surface area contributed by atoms with Gasteiger partial charge in [-0.25, -0.2) is 0 Å². The van der Waals surface area contributed by atoms with Crippen LogP contribution < -0.4 is 10.1 Å². The molecule has 168 valence electrons. The molecular weight excluding hydrogens is 400 g/mol. The van der Waals surface area contributed by atoms with Crippen molar-refractivity contribution in [1.29, 1.82) is 0 Å². The van der Waals surface area contributed by atoms with E-state index in [-0.39, 0.29) is 29.4 Å². The molecule has 0 radical (unpaired) electrons. The van der Waals surface area contributed by atoms with Gasteiger partial charge in [0.25, 0.3) is 0 Å². The van der Waals surface area contributed by atoms with Crippen LogP contribution in [0.2, 0.25) is 0 Å². The van der Waals surface area contributed by atoms with Crippen molar-refractivity contribution in [3.05, 3.63) is 65.2 Å². The fourth-order valence-electron chi connectivity index (χ4n) is 5.84. The minimum atomic E-state index is -0.289. The Labute approximate surface area is 190 Å². The average Bonchev–Trinajstić information content (AvgIpc) is 2.79. The maximum atomic E-state index is 13.2. The van der Waals surface area contributed by atoms with E-state index < -0.39 is 0 Å². The van der Waals surface area contributed by atoms with Crippen molar-refractivity contribution >= 4 is 11.8 Å². The van der Waals surface area contributed by atoms with Gasteiger partial charge in [-0.2, -0.15) is 0 Å². The largest absolute Gasteiger partial charge is 0.487 e. The zero-order chi connectivity index (χ0) is 22.1. The number of benzene rings is 2. The van der Waals surface area contributed by atoms with Crippen LogP contribution >= 0.6 is 0 Å². The molecule has 2 aromatic carbocycles. The third-order valence-electron chi connectivity index (χ3n) is 7.56. The number of carbonyl (C=O) groups excluding carboxylic acids is 2. The van der Waals surface area contributed by atoms with Gasteiger partial charge in [0.15, 0.2) is 0 Å². The first kappa shape index (κ1) is 21.0. The number of likely N-dealkylation sites (tertiary alicyclic amines) is 1. The normalized spacial score (nSPS) is 23.6. The Balaban J connectivity index is 1.32. The van der Waals surface area contributed by atoms with Crippen LogP contribution in [0.15, 0.2) is 48.5 Å². The molecule has 2 aliphatic heterocycles. The number of hydrogen-bond donors (Lipinski definition) is 1. The highest BCUT2D eigenvalue weighted by atomic mass is 16.5. The van der Waals surface area contributed by atoms with Crippen LogP contribution in [0.25, 0.3) is 0 Å². The van der Waals surface area contributed by atoms with E-state index in [0.717, 1.165) is 62.9 Å². The number of piperidine rings is 1. The molecule has 0 bridgehead atoms. The number of nitrogens with one attached hydrogen (secondary N) is 1. The molecule has 0 aromatic heterocycles. The van der Waals surface area contributed by atoms with Crippen molar-refractivity contribution < 1.29 is 14.3 Å². The number of carbonyl (C=O) groups is 2. The fraction of sp³-hybridized carbons (Fsp3) is 0.481. The average molecular weight is 433 g/mol. The smallest absolute Gasteiger partial charge is 0.221 e. The second-order valence-corrected chi connectivity index (χ2v) is 9.65. The van der Waals surface area contributed by atoms with Crippen LogP contribution in [0.5, 0.6) is 5.75 Å². The minimum Gasteiger partial charge on any atom is -0.487 e. The molecule has 1 N–H and O–H groups in total. The van der Waals surface area contributed by atoms with E-state index in [1.807, 2.05) is 23.1 Å². The van der Waals surface area contributed by atoms with Crippen LogP contribution in [0.4, 0.5) is 0 Å². The topological polar surface area (TPSA) is 58.6 Å². The summed E-state index contributed by atoms with van der Waals surface area (Å²) in [7, 11) is 0. The van der Waals surface area contributed by atoms with E-state index in [9.17, 15) is 9.59 Å². The molecule has 32 heavy (non-hydrogen) atoms. The van der Waals surface area contributed by atoms with E-state index in [1.165, 1.54) is 11.1 Å². The number of amides is 2. The number of para-hydroxylation sites is 1. The van der Waals surface area contributed by atoms with Gasteiger partial charge in [-0.15, -0.1) is 0 Å². The number of nitrogens with zero attached hydrogens (tertiary/aromatic N) is 1. The molecule has 5 nitrogen and oxygen atoms in total. The molecule has 5 rings (SSSR count). The molecule has 1 fully saturated rings. The van der Waals surface area contributed by atoms with E-state index in [0.29, 0.717) is 6.42 Å². The molecule has 2 aromatic rings. The first-order valence-corrected chi connectivity index (χ1v) is 11.9. The van der Waals surface area contributed by atoms with Crippen LogP contribution in [0.3, 0.4) is 0 Å². The maximum absolute atomic E-state index is 13.2. The van der Waals surface area contributed by atoms with Crippen LogP contribution in [0, 0.1) is 0 Å². The highest BCUT2D eigenvalue weighted by Crippen LogP contribution is 2.46. The van der Waals surface area contributed by atoms with Crippen molar-refractivity contribution in [3.8, 4) is 5.75 Å². The highest BCUT2D eigenvalue weighted by Gasteiger charge is 2.44. The SMILES string of the molecule is CC(=O)N1CCC2(CC1)C[C@H](CC(=O)N[C@@H]1CCCc3ccccc31)c1ccccc1O2. The quantitative estimate of drug-likeness (QED) is 0.776. The van der Waals surface area contributed by atoms with E-state index in [2.05, 4.69) is 35.6 Å². The number of fused-ring (bicyclic) bond motifs is 2. The summed E-state index contributed by atoms with van der Waals surface area (Å²) >= 11 is 0. The van der Waals surface area contributed by atoms with Crippen LogP contribution in [-0.2, 0) is 16.0 Å². The van der Waals surface area contributed by atoms with E-state index in [4.69, 9.17) is 4.74 Å². The van der Waals surface area contributed by atoms with Gasteiger partial charge < -0.3 is 15.0 Å². The summed E-state index contributed by atoms with van der Waals surface area (Å²) in [6, 6.07) is 16.7. The summed E-state index contributed by atoms with van der Waals surface area (Å²) in [5.41, 5.74) is 3.47. The zero-order valence-corrected chi connectivity index (χ0v) is 18.8. The predicted molar refractivity (Wildman–Crippen MR) is 124 cm³/mol. The first-order valence-electron chi connectivity index (χ1n) is 11.9. The Bertz CT molecular complexity index is 1010. The monoisotopic (exact) mass is 432 g/mol. The standard InChI is InChI=1S/C27H32N2O3/c1-19(30)29-15-13-27(14-16-29)18-21(23-10-4-5-12-25(23)32-27)17-26(31)28-24-11-6-8-20-7-2-3-9-22(20)24/h2-5,7,9-10,12,21,24H,6,8,11,13-18H2,1H3,(H,28,31)/t21-,24+/m0/s1. The first-order chi connectivity index (χ1) is 15.5. The summed E-state index contributed by atoms with van der Waals surface area (Å²) < 4.78 is 6.53. The summed E-state index contributed by atoms with van der Waals surface area (Å²) in [5.74, 6) is 1.27. The molecule has 2 amide bonds. The summed E-state index contributed by atoms with van der Waals surface area (Å²) in [4.78, 5) is 26.9. The Kier molecular flexibility index (Phi) is 5.66. The second-order valence-electron chi connectivity index (χ2n) is 9.65. The molecule has 3 aliphatic rings. The highest BCUT2D eigenvalue weighted by molar-refractivity contribution is 5.78. The zero-order valence-electron chi connectivity index (χ0n) is 18.8. The lowest BCUT2D eigenvalue weighted by Gasteiger charge is -2.46. The van der Waals surface area contributed by atoms with Gasteiger partial charge >= 0.3 is 0 Å². The Hall–Kier alpha value is -2.82. The third kappa shape index (κ3) is 4.13. The Morgan fingerprint density at radius 2 is 1.78 bits per heavy atom. The molecule has 1 saturated heterocycles. The summed E-state index contributed by atoms with van der Waals surface area (Å²) in [6.07, 6.45) is 6.12. The summed E-state index contributed by atoms with van der Waals surface area (Å²) in [5, 5.41) is 3.33. The molecule has 2 atom stereocenters. The lowest BCUT2D eigenvalue weighted by Crippen LogP contribution is -2.51. The number of rotatable bonds is 3. The van der Waals surface area contributed by atoms with Gasteiger partial charge in [-0.3, -0.25) is 9.59 Å². The molecule has 2 heterocycles. The number of hydrogen-bond acceptors (Lipinski definition) is 3. The lowest BCUT2D eigenvalue weighted by atomic mass is 9.76. The van der Waals surface area contributed by atoms with Crippen molar-refractivity contribution in [2.24, 2.45) is 0 Å². The van der Waals surface area contributed by atoms with Crippen LogP contribution in [0.1, 0.15) is 74.1 Å². The Morgan fingerprint density at radius 3 is 2.56 bits per heavy atom. The van der Waals surface area contributed by atoms with Crippen molar-refractivity contribution in [1.82, 2.24) is 10.2 Å². The number of ether oxygens (including phenoxy) is 1. The van der Waals surface area contributed by atoms with Crippen molar-refractivity contribution in [2.75, 3.05) is 13.1 Å². The molecule has 1 spiro atoms. The minimum absolute atomic E-state index is 0.107. The van der Waals surface area contributed by atoms with Gasteiger partial charge in [0, 0.05) is 45.2 Å². The van der Waals surface area contributed by atoms with Gasteiger partial charge in [-0.05, 0) is 48.4 Å². The molecule has 1 aliphatic carbocycles. The van der Waals surface area contributed by atoms with Gasteiger partial charge in [0.1, 0.15) is 11.4 Å². The Morgan fingerprint density at radius 1 is 1.06 bits per heavy atom. The van der Waals surface area contributed by atoms with Gasteiger partial charge in [0.2, 0.25) is 11.8 Å². The second kappa shape index (κ2) is 8.61. The maximum Gasteiger partial charge on any atom is 0.221 e. The van der Waals surface area contributed by atoms with Gasteiger partial charge in [0.05, 0.1) is 6.04 Å².